The molecular formula is C17H24ClFN2. The van der Waals surface area contributed by atoms with Crippen LogP contribution in [0.5, 0.6) is 0 Å². The van der Waals surface area contributed by atoms with Crippen molar-refractivity contribution in [2.24, 2.45) is 23.5 Å². The van der Waals surface area contributed by atoms with Gasteiger partial charge in [-0.2, -0.15) is 0 Å². The van der Waals surface area contributed by atoms with Gasteiger partial charge in [0.1, 0.15) is 5.82 Å². The van der Waals surface area contributed by atoms with Gasteiger partial charge in [-0.15, -0.1) is 0 Å². The molecule has 4 atom stereocenters. The molecule has 0 aliphatic heterocycles. The van der Waals surface area contributed by atoms with Gasteiger partial charge in [-0.25, -0.2) is 4.39 Å². The summed E-state index contributed by atoms with van der Waals surface area (Å²) in [6.07, 6.45) is 5.54. The zero-order chi connectivity index (χ0) is 15.0. The minimum atomic E-state index is -0.252. The predicted octanol–water partition coefficient (Wildman–Crippen LogP) is 3.85. The Hall–Kier alpha value is -0.640. The minimum Gasteiger partial charge on any atom is -0.329 e. The Morgan fingerprint density at radius 2 is 2.19 bits per heavy atom. The zero-order valence-electron chi connectivity index (χ0n) is 12.6. The van der Waals surface area contributed by atoms with Crippen LogP contribution in [-0.2, 0) is 0 Å². The lowest BCUT2D eigenvalue weighted by Crippen LogP contribution is -2.36. The third-order valence-electron chi connectivity index (χ3n) is 5.48. The molecule has 2 fully saturated rings. The number of benzene rings is 1. The van der Waals surface area contributed by atoms with E-state index in [2.05, 4.69) is 11.9 Å². The Morgan fingerprint density at radius 1 is 1.38 bits per heavy atom. The lowest BCUT2D eigenvalue weighted by molar-refractivity contribution is 0.173. The molecule has 116 valence electrons. The minimum absolute atomic E-state index is 0.0682. The largest absolute Gasteiger partial charge is 0.329 e. The summed E-state index contributed by atoms with van der Waals surface area (Å²) in [5.41, 5.74) is 6.58. The number of likely N-dealkylation sites (N-methyl/N-ethyl adjacent to an activating group) is 1. The fraction of sp³-hybridized carbons (Fsp3) is 0.647. The van der Waals surface area contributed by atoms with Gasteiger partial charge in [-0.1, -0.05) is 24.1 Å². The molecule has 2 aliphatic carbocycles. The number of nitrogens with two attached hydrogens (primary N) is 1. The molecule has 0 heterocycles. The Bertz CT molecular complexity index is 508. The molecular weight excluding hydrogens is 287 g/mol. The number of nitrogens with zero attached hydrogens (tertiary/aromatic N) is 1. The lowest BCUT2D eigenvalue weighted by atomic mass is 9.88. The average molecular weight is 311 g/mol. The molecule has 1 aromatic carbocycles. The van der Waals surface area contributed by atoms with Crippen molar-refractivity contribution >= 4 is 11.6 Å². The van der Waals surface area contributed by atoms with Crippen molar-refractivity contribution in [1.29, 1.82) is 0 Å². The first-order chi connectivity index (χ1) is 10.1. The van der Waals surface area contributed by atoms with Crippen LogP contribution in [0.1, 0.15) is 37.3 Å². The van der Waals surface area contributed by atoms with E-state index >= 15 is 0 Å². The summed E-state index contributed by atoms with van der Waals surface area (Å²) in [6.45, 7) is 1.45. The van der Waals surface area contributed by atoms with E-state index in [9.17, 15) is 4.39 Å². The fourth-order valence-corrected chi connectivity index (χ4v) is 4.57. The summed E-state index contributed by atoms with van der Waals surface area (Å²) >= 11 is 5.84. The number of halogens is 2. The molecule has 4 unspecified atom stereocenters. The van der Waals surface area contributed by atoms with E-state index in [4.69, 9.17) is 17.3 Å². The van der Waals surface area contributed by atoms with E-state index in [1.807, 2.05) is 0 Å². The topological polar surface area (TPSA) is 29.3 Å². The normalized spacial score (nSPS) is 29.3. The molecule has 1 aromatic rings. The van der Waals surface area contributed by atoms with E-state index in [1.54, 1.807) is 12.1 Å². The van der Waals surface area contributed by atoms with Gasteiger partial charge < -0.3 is 5.73 Å². The number of hydrogen-bond donors (Lipinski definition) is 1. The second kappa shape index (κ2) is 6.23. The van der Waals surface area contributed by atoms with Crippen LogP contribution in [0.25, 0.3) is 0 Å². The van der Waals surface area contributed by atoms with Gasteiger partial charge >= 0.3 is 0 Å². The molecule has 0 amide bonds. The Morgan fingerprint density at radius 3 is 2.76 bits per heavy atom. The van der Waals surface area contributed by atoms with Crippen molar-refractivity contribution in [2.75, 3.05) is 20.1 Å². The fourth-order valence-electron chi connectivity index (χ4n) is 4.41. The Balaban J connectivity index is 1.70. The van der Waals surface area contributed by atoms with Crippen molar-refractivity contribution in [1.82, 2.24) is 4.90 Å². The highest BCUT2D eigenvalue weighted by atomic mass is 35.5. The van der Waals surface area contributed by atoms with E-state index in [0.29, 0.717) is 17.1 Å². The monoisotopic (exact) mass is 310 g/mol. The third-order valence-corrected chi connectivity index (χ3v) is 5.72. The summed E-state index contributed by atoms with van der Waals surface area (Å²) in [5.74, 6) is 2.33. The van der Waals surface area contributed by atoms with E-state index in [1.165, 1.54) is 31.7 Å². The summed E-state index contributed by atoms with van der Waals surface area (Å²) in [4.78, 5) is 2.23. The molecule has 2 bridgehead atoms. The predicted molar refractivity (Wildman–Crippen MR) is 84.8 cm³/mol. The lowest BCUT2D eigenvalue weighted by Gasteiger charge is -2.33. The number of hydrogen-bond acceptors (Lipinski definition) is 2. The van der Waals surface area contributed by atoms with Crippen molar-refractivity contribution in [3.63, 3.8) is 0 Å². The van der Waals surface area contributed by atoms with Crippen molar-refractivity contribution < 1.29 is 4.39 Å². The Labute approximate surface area is 131 Å². The van der Waals surface area contributed by atoms with Crippen LogP contribution in [0.15, 0.2) is 18.2 Å². The highest BCUT2D eigenvalue weighted by Crippen LogP contribution is 2.48. The van der Waals surface area contributed by atoms with Gasteiger partial charge in [0.15, 0.2) is 0 Å². The van der Waals surface area contributed by atoms with E-state index in [0.717, 1.165) is 24.3 Å². The number of fused-ring (bicyclic) bond motifs is 2. The quantitative estimate of drug-likeness (QED) is 0.895. The third kappa shape index (κ3) is 3.10. The molecule has 0 aromatic heterocycles. The van der Waals surface area contributed by atoms with Crippen molar-refractivity contribution in [3.05, 3.63) is 34.6 Å². The first-order valence-corrected chi connectivity index (χ1v) is 8.31. The van der Waals surface area contributed by atoms with Crippen LogP contribution < -0.4 is 5.73 Å². The molecule has 2 aliphatic rings. The van der Waals surface area contributed by atoms with Crippen LogP contribution in [0.2, 0.25) is 5.02 Å². The van der Waals surface area contributed by atoms with Gasteiger partial charge in [0.25, 0.3) is 0 Å². The second-order valence-corrected chi connectivity index (χ2v) is 7.23. The summed E-state index contributed by atoms with van der Waals surface area (Å²) in [5, 5.41) is 0.433. The highest BCUT2D eigenvalue weighted by Gasteiger charge is 2.40. The molecule has 21 heavy (non-hydrogen) atoms. The van der Waals surface area contributed by atoms with Gasteiger partial charge in [0.05, 0.1) is 0 Å². The summed E-state index contributed by atoms with van der Waals surface area (Å²) in [6, 6.07) is 4.83. The average Bonchev–Trinajstić information content (AvgIpc) is 3.04. The SMILES string of the molecule is CN(CC1CC2CCC1C2)C(CN)c1ccc(Cl)cc1F. The molecule has 3 rings (SSSR count). The first kappa shape index (κ1) is 15.3. The second-order valence-electron chi connectivity index (χ2n) is 6.79. The maximum Gasteiger partial charge on any atom is 0.129 e. The maximum atomic E-state index is 14.1. The van der Waals surface area contributed by atoms with Crippen LogP contribution in [-0.4, -0.2) is 25.0 Å². The van der Waals surface area contributed by atoms with Gasteiger partial charge in [-0.3, -0.25) is 4.90 Å². The smallest absolute Gasteiger partial charge is 0.129 e. The van der Waals surface area contributed by atoms with Crippen molar-refractivity contribution in [3.8, 4) is 0 Å². The molecule has 4 heteroatoms. The first-order valence-electron chi connectivity index (χ1n) is 7.93. The summed E-state index contributed by atoms with van der Waals surface area (Å²) in [7, 11) is 2.07. The van der Waals surface area contributed by atoms with Gasteiger partial charge in [-0.05, 0) is 56.2 Å². The standard InChI is InChI=1S/C17H24ClFN2/c1-21(10-13-7-11-2-3-12(13)6-11)17(9-20)15-5-4-14(18)8-16(15)19/h4-5,8,11-13,17H,2-3,6-7,9-10,20H2,1H3. The molecule has 0 radical (unpaired) electrons. The molecule has 2 saturated carbocycles. The molecule has 0 saturated heterocycles. The summed E-state index contributed by atoms with van der Waals surface area (Å²) < 4.78 is 14.1. The van der Waals surface area contributed by atoms with E-state index in [-0.39, 0.29) is 11.9 Å². The maximum absolute atomic E-state index is 14.1. The van der Waals surface area contributed by atoms with Gasteiger partial charge in [0, 0.05) is 29.7 Å². The molecule has 2 N–H and O–H groups in total. The Kier molecular flexibility index (Phi) is 4.53. The number of rotatable bonds is 5. The van der Waals surface area contributed by atoms with Crippen LogP contribution in [0.3, 0.4) is 0 Å². The van der Waals surface area contributed by atoms with Crippen LogP contribution in [0.4, 0.5) is 4.39 Å². The molecule has 0 spiro atoms. The van der Waals surface area contributed by atoms with E-state index < -0.39 is 0 Å². The van der Waals surface area contributed by atoms with Crippen LogP contribution >= 0.6 is 11.6 Å². The van der Waals surface area contributed by atoms with Gasteiger partial charge in [0.2, 0.25) is 0 Å². The molecule has 2 nitrogen and oxygen atoms in total. The zero-order valence-corrected chi connectivity index (χ0v) is 13.3. The van der Waals surface area contributed by atoms with Crippen LogP contribution in [0, 0.1) is 23.6 Å². The van der Waals surface area contributed by atoms with Crippen molar-refractivity contribution in [2.45, 2.75) is 31.7 Å². The highest BCUT2D eigenvalue weighted by molar-refractivity contribution is 6.30.